The molecule has 0 aliphatic rings. The number of carbonyl (C=O) groups excluding carboxylic acids is 1. The van der Waals surface area contributed by atoms with Gasteiger partial charge in [0.25, 0.3) is 15.9 Å². The van der Waals surface area contributed by atoms with Crippen LogP contribution >= 0.6 is 11.6 Å². The highest BCUT2D eigenvalue weighted by atomic mass is 35.5. The minimum atomic E-state index is -3.81. The molecule has 0 bridgehead atoms. The Morgan fingerprint density at radius 1 is 1.03 bits per heavy atom. The molecule has 0 saturated heterocycles. The molecule has 0 spiro atoms. The molecule has 3 rings (SSSR count). The Morgan fingerprint density at radius 2 is 1.73 bits per heavy atom. The van der Waals surface area contributed by atoms with Gasteiger partial charge in [0.2, 0.25) is 0 Å². The second-order valence-corrected chi connectivity index (χ2v) is 9.93. The first-order valence-corrected chi connectivity index (χ1v) is 12.4. The summed E-state index contributed by atoms with van der Waals surface area (Å²) in [6.45, 7) is 3.64. The molecule has 0 saturated carbocycles. The Morgan fingerprint density at radius 3 is 2.39 bits per heavy atom. The van der Waals surface area contributed by atoms with E-state index < -0.39 is 10.0 Å². The molecule has 0 radical (unpaired) electrons. The van der Waals surface area contributed by atoms with Crippen LogP contribution in [0.25, 0.3) is 0 Å². The average Bonchev–Trinajstić information content (AvgIpc) is 2.79. The Hall–Kier alpha value is -3.03. The molecule has 174 valence electrons. The van der Waals surface area contributed by atoms with Crippen LogP contribution in [0.5, 0.6) is 5.75 Å². The van der Waals surface area contributed by atoms with Crippen molar-refractivity contribution in [3.63, 3.8) is 0 Å². The molecule has 8 heteroatoms. The van der Waals surface area contributed by atoms with Crippen LogP contribution in [0, 0.1) is 6.92 Å². The van der Waals surface area contributed by atoms with Crippen molar-refractivity contribution in [2.45, 2.75) is 37.6 Å². The highest BCUT2D eigenvalue weighted by Gasteiger charge is 2.17. The van der Waals surface area contributed by atoms with Crippen LogP contribution < -0.4 is 14.8 Å². The van der Waals surface area contributed by atoms with E-state index in [0.29, 0.717) is 5.69 Å². The van der Waals surface area contributed by atoms with E-state index in [1.807, 2.05) is 44.2 Å². The number of rotatable bonds is 10. The monoisotopic (exact) mass is 486 g/mol. The number of aryl methyl sites for hydroxylation is 2. The lowest BCUT2D eigenvalue weighted by Crippen LogP contribution is -2.36. The Balaban J connectivity index is 1.52. The average molecular weight is 487 g/mol. The zero-order valence-electron chi connectivity index (χ0n) is 18.5. The molecule has 1 atom stereocenters. The number of benzene rings is 3. The lowest BCUT2D eigenvalue weighted by atomic mass is 10.1. The standard InChI is InChI=1S/C25H27ClN2O4S/c1-18-8-12-21(13-9-18)28-33(30,31)22-14-15-24(23(26)16-22)32-17-25(29)27-19(2)10-11-20-6-4-3-5-7-20/h3-9,12-16,19,28H,10-11,17H2,1-2H3,(H,27,29)/t19-/m1/s1. The van der Waals surface area contributed by atoms with Gasteiger partial charge in [0.15, 0.2) is 6.61 Å². The number of amides is 1. The summed E-state index contributed by atoms with van der Waals surface area (Å²) < 4.78 is 33.3. The van der Waals surface area contributed by atoms with Crippen molar-refractivity contribution >= 4 is 33.2 Å². The normalized spacial score (nSPS) is 12.1. The largest absolute Gasteiger partial charge is 0.482 e. The van der Waals surface area contributed by atoms with Crippen molar-refractivity contribution in [1.29, 1.82) is 0 Å². The molecule has 3 aromatic rings. The summed E-state index contributed by atoms with van der Waals surface area (Å²) in [4.78, 5) is 12.2. The van der Waals surface area contributed by atoms with E-state index in [2.05, 4.69) is 22.2 Å². The van der Waals surface area contributed by atoms with Gasteiger partial charge in [-0.05, 0) is 62.6 Å². The lowest BCUT2D eigenvalue weighted by Gasteiger charge is -2.15. The van der Waals surface area contributed by atoms with Crippen LogP contribution in [0.4, 0.5) is 5.69 Å². The fourth-order valence-electron chi connectivity index (χ4n) is 3.16. The van der Waals surface area contributed by atoms with E-state index in [1.165, 1.54) is 23.8 Å². The summed E-state index contributed by atoms with van der Waals surface area (Å²) in [5.41, 5.74) is 2.70. The van der Waals surface area contributed by atoms with Gasteiger partial charge in [-0.15, -0.1) is 0 Å². The van der Waals surface area contributed by atoms with Crippen molar-refractivity contribution in [2.75, 3.05) is 11.3 Å². The maximum Gasteiger partial charge on any atom is 0.261 e. The third-order valence-electron chi connectivity index (χ3n) is 4.99. The summed E-state index contributed by atoms with van der Waals surface area (Å²) in [6, 6.07) is 21.2. The third kappa shape index (κ3) is 7.51. The number of hydrogen-bond acceptors (Lipinski definition) is 4. The highest BCUT2D eigenvalue weighted by molar-refractivity contribution is 7.92. The molecule has 0 aliphatic heterocycles. The molecule has 3 aromatic carbocycles. The molecule has 2 N–H and O–H groups in total. The topological polar surface area (TPSA) is 84.5 Å². The minimum Gasteiger partial charge on any atom is -0.482 e. The van der Waals surface area contributed by atoms with Gasteiger partial charge in [-0.2, -0.15) is 0 Å². The molecular formula is C25H27ClN2O4S. The van der Waals surface area contributed by atoms with Crippen molar-refractivity contribution in [3.05, 3.63) is 88.9 Å². The molecule has 6 nitrogen and oxygen atoms in total. The molecule has 0 fully saturated rings. The van der Waals surface area contributed by atoms with E-state index in [1.54, 1.807) is 12.1 Å². The molecule has 0 aliphatic carbocycles. The van der Waals surface area contributed by atoms with Crippen molar-refractivity contribution < 1.29 is 17.9 Å². The number of anilines is 1. The number of sulfonamides is 1. The highest BCUT2D eigenvalue weighted by Crippen LogP contribution is 2.28. The van der Waals surface area contributed by atoms with Crippen LogP contribution in [0.3, 0.4) is 0 Å². The van der Waals surface area contributed by atoms with Gasteiger partial charge in [-0.1, -0.05) is 59.6 Å². The first-order chi connectivity index (χ1) is 15.7. The Kier molecular flexibility index (Phi) is 8.36. The van der Waals surface area contributed by atoms with Crippen molar-refractivity contribution in [1.82, 2.24) is 5.32 Å². The van der Waals surface area contributed by atoms with Crippen LogP contribution in [-0.2, 0) is 21.2 Å². The molecular weight excluding hydrogens is 460 g/mol. The number of nitrogens with one attached hydrogen (secondary N) is 2. The molecule has 0 unspecified atom stereocenters. The van der Waals surface area contributed by atoms with Gasteiger partial charge in [-0.3, -0.25) is 9.52 Å². The quantitative estimate of drug-likeness (QED) is 0.424. The summed E-state index contributed by atoms with van der Waals surface area (Å²) in [5, 5.41) is 3.00. The SMILES string of the molecule is Cc1ccc(NS(=O)(=O)c2ccc(OCC(=O)N[C@H](C)CCc3ccccc3)c(Cl)c2)cc1. The van der Waals surface area contributed by atoms with Crippen molar-refractivity contribution in [2.24, 2.45) is 0 Å². The first kappa shape index (κ1) is 24.6. The Labute approximate surface area is 200 Å². The van der Waals surface area contributed by atoms with E-state index in [0.717, 1.165) is 18.4 Å². The zero-order chi connectivity index (χ0) is 23.8. The summed E-state index contributed by atoms with van der Waals surface area (Å²) in [5.74, 6) is -0.0394. The Bertz CT molecular complexity index is 1180. The smallest absolute Gasteiger partial charge is 0.261 e. The fraction of sp³-hybridized carbons (Fsp3) is 0.240. The third-order valence-corrected chi connectivity index (χ3v) is 6.67. The van der Waals surface area contributed by atoms with Gasteiger partial charge in [0.05, 0.1) is 9.92 Å². The number of halogens is 1. The summed E-state index contributed by atoms with van der Waals surface area (Å²) in [6.07, 6.45) is 1.67. The molecule has 0 heterocycles. The number of hydrogen-bond donors (Lipinski definition) is 2. The summed E-state index contributed by atoms with van der Waals surface area (Å²) in [7, 11) is -3.81. The second-order valence-electron chi connectivity index (χ2n) is 7.85. The minimum absolute atomic E-state index is 0.000546. The van der Waals surface area contributed by atoms with Gasteiger partial charge in [0, 0.05) is 11.7 Å². The van der Waals surface area contributed by atoms with E-state index in [-0.39, 0.29) is 34.2 Å². The van der Waals surface area contributed by atoms with Crippen LogP contribution in [0.2, 0.25) is 5.02 Å². The number of ether oxygens (including phenoxy) is 1. The van der Waals surface area contributed by atoms with Gasteiger partial charge >= 0.3 is 0 Å². The van der Waals surface area contributed by atoms with E-state index >= 15 is 0 Å². The first-order valence-electron chi connectivity index (χ1n) is 10.6. The van der Waals surface area contributed by atoms with Crippen LogP contribution in [0.15, 0.2) is 77.7 Å². The molecule has 33 heavy (non-hydrogen) atoms. The molecule has 1 amide bonds. The van der Waals surface area contributed by atoms with Gasteiger partial charge < -0.3 is 10.1 Å². The maximum absolute atomic E-state index is 12.6. The lowest BCUT2D eigenvalue weighted by molar-refractivity contribution is -0.123. The fourth-order valence-corrected chi connectivity index (χ4v) is 4.55. The second kappa shape index (κ2) is 11.2. The van der Waals surface area contributed by atoms with Crippen LogP contribution in [-0.4, -0.2) is 27.0 Å². The van der Waals surface area contributed by atoms with Crippen molar-refractivity contribution in [3.8, 4) is 5.75 Å². The van der Waals surface area contributed by atoms with Gasteiger partial charge in [-0.25, -0.2) is 8.42 Å². The van der Waals surface area contributed by atoms with Gasteiger partial charge in [0.1, 0.15) is 5.75 Å². The predicted molar refractivity (Wildman–Crippen MR) is 131 cm³/mol. The predicted octanol–water partition coefficient (Wildman–Crippen LogP) is 4.97. The zero-order valence-corrected chi connectivity index (χ0v) is 20.1. The summed E-state index contributed by atoms with van der Waals surface area (Å²) >= 11 is 6.22. The van der Waals surface area contributed by atoms with Crippen LogP contribution in [0.1, 0.15) is 24.5 Å². The van der Waals surface area contributed by atoms with E-state index in [4.69, 9.17) is 16.3 Å². The molecule has 0 aromatic heterocycles. The number of carbonyl (C=O) groups is 1. The maximum atomic E-state index is 12.6. The van der Waals surface area contributed by atoms with E-state index in [9.17, 15) is 13.2 Å².